The third-order valence-corrected chi connectivity index (χ3v) is 7.68. The summed E-state index contributed by atoms with van der Waals surface area (Å²) in [5.41, 5.74) is 4.11. The third-order valence-electron chi connectivity index (χ3n) is 6.19. The van der Waals surface area contributed by atoms with Gasteiger partial charge >= 0.3 is 5.97 Å². The van der Waals surface area contributed by atoms with Gasteiger partial charge in [-0.2, -0.15) is 0 Å². The van der Waals surface area contributed by atoms with Crippen molar-refractivity contribution in [2.45, 2.75) is 19.9 Å². The molecule has 0 aliphatic carbocycles. The molecule has 1 aliphatic heterocycles. The van der Waals surface area contributed by atoms with E-state index in [-0.39, 0.29) is 12.0 Å². The first-order chi connectivity index (χ1) is 16.0. The molecular formula is C26H29N3O2S2. The van der Waals surface area contributed by atoms with Gasteiger partial charge in [-0.05, 0) is 42.8 Å². The smallest absolute Gasteiger partial charge is 0.341 e. The van der Waals surface area contributed by atoms with E-state index >= 15 is 0 Å². The van der Waals surface area contributed by atoms with E-state index in [9.17, 15) is 4.79 Å². The third kappa shape index (κ3) is 5.11. The number of nitrogens with one attached hydrogen (secondary N) is 1. The normalized spacial score (nSPS) is 14.4. The number of ether oxygens (including phenoxy) is 1. The number of rotatable bonds is 5. The summed E-state index contributed by atoms with van der Waals surface area (Å²) >= 11 is 7.27. The molecule has 2 heterocycles. The van der Waals surface area contributed by atoms with Gasteiger partial charge in [-0.1, -0.05) is 60.7 Å². The average Bonchev–Trinajstić information content (AvgIpc) is 3.13. The van der Waals surface area contributed by atoms with Crippen LogP contribution in [0.2, 0.25) is 0 Å². The molecule has 5 nitrogen and oxygen atoms in total. The molecule has 0 bridgehead atoms. The predicted molar refractivity (Wildman–Crippen MR) is 139 cm³/mol. The van der Waals surface area contributed by atoms with Crippen molar-refractivity contribution < 1.29 is 9.53 Å². The zero-order valence-corrected chi connectivity index (χ0v) is 20.8. The second-order valence-electron chi connectivity index (χ2n) is 8.16. The van der Waals surface area contributed by atoms with Gasteiger partial charge in [0.1, 0.15) is 5.00 Å². The summed E-state index contributed by atoms with van der Waals surface area (Å²) in [6.45, 7) is 7.37. The Kier molecular flexibility index (Phi) is 7.42. The maximum Gasteiger partial charge on any atom is 0.341 e. The summed E-state index contributed by atoms with van der Waals surface area (Å²) in [7, 11) is 1.41. The first-order valence-electron chi connectivity index (χ1n) is 11.1. The van der Waals surface area contributed by atoms with Crippen molar-refractivity contribution >= 4 is 39.6 Å². The molecule has 1 N–H and O–H groups in total. The van der Waals surface area contributed by atoms with Crippen LogP contribution < -0.4 is 5.32 Å². The van der Waals surface area contributed by atoms with Crippen molar-refractivity contribution in [3.63, 3.8) is 0 Å². The SMILES string of the molecule is COC(=O)c1c(NC(=S)N2CCN(C(c3ccccc3)c3ccccc3)CC2)sc(C)c1C. The molecule has 2 aromatic carbocycles. The summed E-state index contributed by atoms with van der Waals surface area (Å²) in [5, 5.41) is 4.73. The molecule has 0 saturated carbocycles. The molecule has 4 rings (SSSR count). The molecule has 0 atom stereocenters. The zero-order valence-electron chi connectivity index (χ0n) is 19.2. The Morgan fingerprint density at radius 2 is 1.52 bits per heavy atom. The molecule has 0 amide bonds. The van der Waals surface area contributed by atoms with E-state index < -0.39 is 0 Å². The Morgan fingerprint density at radius 3 is 2.03 bits per heavy atom. The van der Waals surface area contributed by atoms with Crippen molar-refractivity contribution in [3.8, 4) is 0 Å². The van der Waals surface area contributed by atoms with Gasteiger partial charge in [0, 0.05) is 31.1 Å². The van der Waals surface area contributed by atoms with E-state index in [0.29, 0.717) is 10.7 Å². The molecule has 1 saturated heterocycles. The molecule has 1 fully saturated rings. The van der Waals surface area contributed by atoms with E-state index in [1.54, 1.807) is 11.3 Å². The summed E-state index contributed by atoms with van der Waals surface area (Å²) < 4.78 is 4.99. The summed E-state index contributed by atoms with van der Waals surface area (Å²) in [4.78, 5) is 18.1. The summed E-state index contributed by atoms with van der Waals surface area (Å²) in [6.07, 6.45) is 0. The molecule has 0 radical (unpaired) electrons. The fourth-order valence-corrected chi connectivity index (χ4v) is 5.70. The number of nitrogens with zero attached hydrogens (tertiary/aromatic N) is 2. The molecule has 0 spiro atoms. The average molecular weight is 480 g/mol. The number of thiophene rings is 1. The molecule has 33 heavy (non-hydrogen) atoms. The molecular weight excluding hydrogens is 450 g/mol. The fourth-order valence-electron chi connectivity index (χ4n) is 4.31. The zero-order chi connectivity index (χ0) is 23.4. The van der Waals surface area contributed by atoms with Crippen LogP contribution in [0.4, 0.5) is 5.00 Å². The van der Waals surface area contributed by atoms with Crippen LogP contribution in [-0.4, -0.2) is 54.2 Å². The molecule has 1 aliphatic rings. The number of thiocarbonyl (C=S) groups is 1. The van der Waals surface area contributed by atoms with Crippen molar-refractivity contribution in [2.75, 3.05) is 38.6 Å². The minimum atomic E-state index is -0.333. The molecule has 172 valence electrons. The van der Waals surface area contributed by atoms with E-state index in [2.05, 4.69) is 75.8 Å². The predicted octanol–water partition coefficient (Wildman–Crippen LogP) is 5.26. The Balaban J connectivity index is 1.47. The van der Waals surface area contributed by atoms with Crippen LogP contribution in [0.1, 0.15) is 38.0 Å². The minimum Gasteiger partial charge on any atom is -0.465 e. The fraction of sp³-hybridized carbons (Fsp3) is 0.308. The number of carbonyl (C=O) groups excluding carboxylic acids is 1. The number of esters is 1. The molecule has 0 unspecified atom stereocenters. The van der Waals surface area contributed by atoms with Crippen molar-refractivity contribution in [1.29, 1.82) is 0 Å². The van der Waals surface area contributed by atoms with Crippen LogP contribution >= 0.6 is 23.6 Å². The Morgan fingerprint density at radius 1 is 0.970 bits per heavy atom. The van der Waals surface area contributed by atoms with Gasteiger partial charge in [0.25, 0.3) is 0 Å². The van der Waals surface area contributed by atoms with Crippen LogP contribution in [0.5, 0.6) is 0 Å². The van der Waals surface area contributed by atoms with Gasteiger partial charge in [0.2, 0.25) is 0 Å². The number of carbonyl (C=O) groups is 1. The van der Waals surface area contributed by atoms with Crippen molar-refractivity contribution in [2.24, 2.45) is 0 Å². The lowest BCUT2D eigenvalue weighted by molar-refractivity contribution is 0.0601. The topological polar surface area (TPSA) is 44.8 Å². The second kappa shape index (κ2) is 10.5. The van der Waals surface area contributed by atoms with Gasteiger partial charge in [-0.15, -0.1) is 11.3 Å². The Hall–Kier alpha value is -2.74. The van der Waals surface area contributed by atoms with Gasteiger partial charge < -0.3 is 15.0 Å². The van der Waals surface area contributed by atoms with E-state index in [0.717, 1.165) is 41.6 Å². The maximum absolute atomic E-state index is 12.3. The maximum atomic E-state index is 12.3. The van der Waals surface area contributed by atoms with Gasteiger partial charge in [0.15, 0.2) is 5.11 Å². The molecule has 7 heteroatoms. The Labute approximate surface area is 205 Å². The van der Waals surface area contributed by atoms with E-state index in [1.165, 1.54) is 18.2 Å². The monoisotopic (exact) mass is 479 g/mol. The lowest BCUT2D eigenvalue weighted by atomic mass is 9.96. The highest BCUT2D eigenvalue weighted by Gasteiger charge is 2.28. The number of piperazine rings is 1. The number of hydrogen-bond donors (Lipinski definition) is 1. The minimum absolute atomic E-state index is 0.213. The van der Waals surface area contributed by atoms with Gasteiger partial charge in [-0.25, -0.2) is 4.79 Å². The molecule has 1 aromatic heterocycles. The highest BCUT2D eigenvalue weighted by molar-refractivity contribution is 7.80. The number of benzene rings is 2. The quantitative estimate of drug-likeness (QED) is 0.398. The van der Waals surface area contributed by atoms with Crippen LogP contribution in [0, 0.1) is 13.8 Å². The van der Waals surface area contributed by atoms with Crippen LogP contribution in [0.3, 0.4) is 0 Å². The highest BCUT2D eigenvalue weighted by Crippen LogP contribution is 2.34. The summed E-state index contributed by atoms with van der Waals surface area (Å²) in [5.74, 6) is -0.333. The first-order valence-corrected chi connectivity index (χ1v) is 12.3. The Bertz CT molecular complexity index is 1070. The van der Waals surface area contributed by atoms with Crippen LogP contribution in [-0.2, 0) is 4.74 Å². The number of aryl methyl sites for hydroxylation is 1. The van der Waals surface area contributed by atoms with Crippen LogP contribution in [0.15, 0.2) is 60.7 Å². The highest BCUT2D eigenvalue weighted by atomic mass is 32.1. The molecule has 3 aromatic rings. The van der Waals surface area contributed by atoms with Gasteiger partial charge in [0.05, 0.1) is 18.7 Å². The first kappa shape index (κ1) is 23.4. The van der Waals surface area contributed by atoms with Gasteiger partial charge in [-0.3, -0.25) is 4.90 Å². The lowest BCUT2D eigenvalue weighted by Crippen LogP contribution is -2.51. The van der Waals surface area contributed by atoms with Crippen molar-refractivity contribution in [3.05, 3.63) is 87.8 Å². The number of methoxy groups -OCH3 is 1. The number of hydrogen-bond acceptors (Lipinski definition) is 5. The standard InChI is InChI=1S/C26H29N3O2S2/c1-18-19(2)33-24(22(18)25(30)31-3)27-26(32)29-16-14-28(15-17-29)23(20-10-6-4-7-11-20)21-12-8-5-9-13-21/h4-13,23H,14-17H2,1-3H3,(H,27,32). The van der Waals surface area contributed by atoms with Crippen LogP contribution in [0.25, 0.3) is 0 Å². The summed E-state index contributed by atoms with van der Waals surface area (Å²) in [6, 6.07) is 21.5. The van der Waals surface area contributed by atoms with E-state index in [4.69, 9.17) is 17.0 Å². The van der Waals surface area contributed by atoms with Crippen molar-refractivity contribution in [1.82, 2.24) is 9.80 Å². The second-order valence-corrected chi connectivity index (χ2v) is 9.77. The van der Waals surface area contributed by atoms with E-state index in [1.807, 2.05) is 13.8 Å². The lowest BCUT2D eigenvalue weighted by Gasteiger charge is -2.40. The number of anilines is 1. The largest absolute Gasteiger partial charge is 0.465 e.